The molecule has 5 aromatic rings. The second-order valence-corrected chi connectivity index (χ2v) is 27.7. The first-order valence-electron chi connectivity index (χ1n) is 35.0. The summed E-state index contributed by atoms with van der Waals surface area (Å²) in [5.41, 5.74) is 1.70. The number of aliphatic hydroxyl groups is 8. The molecule has 0 radical (unpaired) electrons. The van der Waals surface area contributed by atoms with Crippen molar-refractivity contribution in [2.75, 3.05) is 6.61 Å². The van der Waals surface area contributed by atoms with Gasteiger partial charge in [-0.05, 0) is 88.0 Å². The van der Waals surface area contributed by atoms with E-state index in [1.807, 2.05) is 6.92 Å². The topological polar surface area (TPSA) is 431 Å². The molecule has 0 bridgehead atoms. The van der Waals surface area contributed by atoms with Crippen LogP contribution in [0.25, 0.3) is 22.5 Å². The van der Waals surface area contributed by atoms with Crippen LogP contribution in [-0.2, 0) is 65.4 Å². The van der Waals surface area contributed by atoms with E-state index >= 15 is 0 Å². The van der Waals surface area contributed by atoms with Gasteiger partial charge in [-0.15, -0.1) is 15.3 Å². The number of aliphatic carboxylic acids is 1. The summed E-state index contributed by atoms with van der Waals surface area (Å²) in [5, 5.41) is 132. The number of hydrogen-bond acceptors (Lipinski definition) is 25. The number of carboxylic acid groups (broad SMARTS) is 1. The van der Waals surface area contributed by atoms with E-state index in [0.717, 1.165) is 32.1 Å². The standard InChI is InChI=1S/C68H93F2N11O20/c1-5-36-22-39(26-50(62(36)101-68-61(91)60(90)55(85)33(3)95-68)99-66-53(72-34(4)83)63(58(88)52(32-82)100-66)96-51(65(93)94)21-35-13-8-7-9-14-35)47(84)19-12-20-79-29-43(73-76-79)28-71-64(92)40-25-46(80-30-44(74-77-80)37-15-10-17-41(69)23-37)56(86)49(27-40)98-67-59(89)54(57(87)48(6-2)97-67)81-31-45(75-78-81)38-16-11-18-42(70)24-38/h10-11,15-18,23-24,29-31,33,35-36,39-40,46,48-63,66-68,82,85-91H,5-9,12-14,19-22,25-28,32H2,1-4H3,(H,71,92)(H,72,83)(H,93,94)/t33?,36?,39?,40-,46?,48?,49+,50+,51-,52-,53?,54?,55+,56?,57-,58-,59+,60-,61?,62+,63?,66+,67-,68-/m0/s1. The van der Waals surface area contributed by atoms with E-state index in [1.165, 1.54) is 76.7 Å². The number of amides is 2. The summed E-state index contributed by atoms with van der Waals surface area (Å²) >= 11 is 0. The van der Waals surface area contributed by atoms with Crippen LogP contribution in [-0.4, -0.2) is 238 Å². The number of carbonyl (C=O) groups excluding carboxylic acids is 3. The highest BCUT2D eigenvalue weighted by atomic mass is 19.1. The normalized spacial score (nSPS) is 34.5. The zero-order valence-electron chi connectivity index (χ0n) is 56.6. The number of Topliss-reactive ketones (excluding diaryl/α,β-unsaturated/α-hetero) is 1. The van der Waals surface area contributed by atoms with E-state index < -0.39 is 182 Å². The predicted octanol–water partition coefficient (Wildman–Crippen LogP) is 1.96. The molecule has 2 amide bonds. The van der Waals surface area contributed by atoms with E-state index in [2.05, 4.69) is 41.6 Å². The molecule has 3 aromatic heterocycles. The van der Waals surface area contributed by atoms with Gasteiger partial charge in [0.05, 0.1) is 68.3 Å². The number of aliphatic hydroxyl groups excluding tert-OH is 8. The van der Waals surface area contributed by atoms with Crippen LogP contribution in [0.15, 0.2) is 67.1 Å². The summed E-state index contributed by atoms with van der Waals surface area (Å²) in [5.74, 6) is -5.61. The van der Waals surface area contributed by atoms with Gasteiger partial charge >= 0.3 is 5.97 Å². The Balaban J connectivity index is 0.762. The number of hydrogen-bond donors (Lipinski definition) is 11. The van der Waals surface area contributed by atoms with Crippen molar-refractivity contribution in [2.45, 2.75) is 259 Å². The Morgan fingerprint density at radius 3 is 1.98 bits per heavy atom. The number of halogens is 2. The third-order valence-electron chi connectivity index (χ3n) is 20.7. The van der Waals surface area contributed by atoms with E-state index in [1.54, 1.807) is 25.3 Å². The second kappa shape index (κ2) is 33.8. The molecule has 101 heavy (non-hydrogen) atoms. The number of nitrogens with zero attached hydrogens (tertiary/aromatic N) is 9. The Hall–Kier alpha value is -6.80. The third kappa shape index (κ3) is 17.7. The average Bonchev–Trinajstić information content (AvgIpc) is 1.55. The van der Waals surface area contributed by atoms with E-state index in [0.29, 0.717) is 23.2 Å². The van der Waals surface area contributed by atoms with Crippen LogP contribution in [0.4, 0.5) is 8.78 Å². The molecule has 33 heteroatoms. The van der Waals surface area contributed by atoms with Gasteiger partial charge in [0.1, 0.15) is 102 Å². The van der Waals surface area contributed by atoms with E-state index in [9.17, 15) is 73.9 Å². The number of carboxylic acids is 1. The number of nitrogens with one attached hydrogen (secondary N) is 2. The monoisotopic (exact) mass is 1420 g/mol. The summed E-state index contributed by atoms with van der Waals surface area (Å²) in [6, 6.07) is 7.83. The molecule has 3 saturated heterocycles. The molecule has 2 aromatic carbocycles. The summed E-state index contributed by atoms with van der Waals surface area (Å²) in [6.07, 6.45) is -14.7. The Morgan fingerprint density at radius 2 is 1.33 bits per heavy atom. The molecule has 24 atom stereocenters. The molecule has 6 fully saturated rings. The average molecular weight is 1420 g/mol. The highest BCUT2D eigenvalue weighted by Crippen LogP contribution is 2.43. The number of aryl methyl sites for hydroxylation is 1. The summed E-state index contributed by atoms with van der Waals surface area (Å²) in [6.45, 7) is 5.65. The molecule has 6 heterocycles. The molecular weight excluding hydrogens is 1330 g/mol. The largest absolute Gasteiger partial charge is 0.479 e. The first-order valence-corrected chi connectivity index (χ1v) is 35.0. The van der Waals surface area contributed by atoms with Gasteiger partial charge in [0.15, 0.2) is 25.0 Å². The Labute approximate surface area is 580 Å². The van der Waals surface area contributed by atoms with Crippen LogP contribution in [0.3, 0.4) is 0 Å². The fourth-order valence-corrected chi connectivity index (χ4v) is 15.2. The highest BCUT2D eigenvalue weighted by molar-refractivity contribution is 5.81. The minimum atomic E-state index is -1.72. The molecule has 3 aliphatic carbocycles. The van der Waals surface area contributed by atoms with Crippen molar-refractivity contribution in [3.63, 3.8) is 0 Å². The van der Waals surface area contributed by atoms with Crippen molar-refractivity contribution in [1.82, 2.24) is 55.6 Å². The Kier molecular flexibility index (Phi) is 25.2. The second-order valence-electron chi connectivity index (χ2n) is 27.7. The molecule has 554 valence electrons. The van der Waals surface area contributed by atoms with Crippen LogP contribution < -0.4 is 10.6 Å². The first-order chi connectivity index (χ1) is 48.5. The van der Waals surface area contributed by atoms with Crippen molar-refractivity contribution in [3.05, 3.63) is 84.4 Å². The number of ketones is 1. The van der Waals surface area contributed by atoms with Crippen LogP contribution in [0, 0.1) is 35.3 Å². The van der Waals surface area contributed by atoms with Crippen LogP contribution in [0.5, 0.6) is 0 Å². The summed E-state index contributed by atoms with van der Waals surface area (Å²) in [4.78, 5) is 54.8. The lowest BCUT2D eigenvalue weighted by Gasteiger charge is -2.49. The maximum atomic E-state index is 14.5. The van der Waals surface area contributed by atoms with Gasteiger partial charge in [0.25, 0.3) is 0 Å². The molecule has 11 N–H and O–H groups in total. The molecular formula is C68H93F2N11O20. The van der Waals surface area contributed by atoms with E-state index in [4.69, 9.17) is 33.2 Å². The quantitative estimate of drug-likeness (QED) is 0.0358. The first kappa shape index (κ1) is 75.4. The van der Waals surface area contributed by atoms with Crippen molar-refractivity contribution in [2.24, 2.45) is 23.7 Å². The minimum Gasteiger partial charge on any atom is -0.479 e. The Bertz CT molecular complexity index is 3570. The van der Waals surface area contributed by atoms with Gasteiger partial charge in [0.2, 0.25) is 11.8 Å². The zero-order chi connectivity index (χ0) is 71.9. The number of ether oxygens (including phenoxy) is 7. The lowest BCUT2D eigenvalue weighted by atomic mass is 9.74. The molecule has 31 nitrogen and oxygen atoms in total. The summed E-state index contributed by atoms with van der Waals surface area (Å²) < 4.78 is 77.0. The molecule has 6 aliphatic rings. The van der Waals surface area contributed by atoms with E-state index in [-0.39, 0.29) is 87.5 Å². The van der Waals surface area contributed by atoms with Crippen LogP contribution >= 0.6 is 0 Å². The highest BCUT2D eigenvalue weighted by Gasteiger charge is 2.54. The maximum absolute atomic E-state index is 14.5. The van der Waals surface area contributed by atoms with Gasteiger partial charge in [-0.2, -0.15) is 0 Å². The molecule has 3 saturated carbocycles. The minimum absolute atomic E-state index is 0.00631. The van der Waals surface area contributed by atoms with Crippen molar-refractivity contribution in [3.8, 4) is 22.5 Å². The van der Waals surface area contributed by atoms with Gasteiger partial charge in [-0.25, -0.2) is 22.9 Å². The Morgan fingerprint density at radius 1 is 0.673 bits per heavy atom. The lowest BCUT2D eigenvalue weighted by molar-refractivity contribution is -0.338. The van der Waals surface area contributed by atoms with Gasteiger partial charge < -0.3 is 89.8 Å². The number of rotatable bonds is 27. The third-order valence-corrected chi connectivity index (χ3v) is 20.7. The van der Waals surface area contributed by atoms with Gasteiger partial charge in [-0.3, -0.25) is 19.1 Å². The smallest absolute Gasteiger partial charge is 0.332 e. The number of carbonyl (C=O) groups is 4. The number of aromatic nitrogens is 9. The molecule has 11 rings (SSSR count). The van der Waals surface area contributed by atoms with Gasteiger partial charge in [0, 0.05) is 42.9 Å². The number of benzene rings is 2. The fourth-order valence-electron chi connectivity index (χ4n) is 15.2. The van der Waals surface area contributed by atoms with Crippen molar-refractivity contribution >= 4 is 23.6 Å². The van der Waals surface area contributed by atoms with Crippen LogP contribution in [0.2, 0.25) is 0 Å². The molecule has 0 spiro atoms. The maximum Gasteiger partial charge on any atom is 0.332 e. The van der Waals surface area contributed by atoms with Crippen molar-refractivity contribution in [1.29, 1.82) is 0 Å². The molecule has 3 aliphatic heterocycles. The predicted molar refractivity (Wildman–Crippen MR) is 345 cm³/mol. The van der Waals surface area contributed by atoms with Crippen LogP contribution in [0.1, 0.15) is 135 Å². The molecule has 10 unspecified atom stereocenters. The van der Waals surface area contributed by atoms with Gasteiger partial charge in [-0.1, -0.05) is 92.3 Å². The SMILES string of the molecule is CCC1O[C@@H](O[C@@H]2C[C@@H](C(=O)NCc3cn(CCCC(=O)C4CC(CC)[C@@H](O[C@@H]5OC(C)[C@@H](O)[C@H](O)C5O)[C@H](O[C@@H]5O[C@@H](CO)[C@H](O)C(O[C@@H](CC6CCCCC6)C(=O)O)C5NC(C)=O)C4)nn3)CC(n3cc(-c4cccc(F)c4)nn3)C2O)[C@H](O)C(n2cc(-c3cccc(F)c3)nn2)[C@H]1O. The fraction of sp³-hybridized carbons (Fsp3) is 0.676. The lowest BCUT2D eigenvalue weighted by Crippen LogP contribution is -2.67. The van der Waals surface area contributed by atoms with Crippen molar-refractivity contribution < 1.29 is 107 Å². The summed E-state index contributed by atoms with van der Waals surface area (Å²) in [7, 11) is 0. The zero-order valence-corrected chi connectivity index (χ0v) is 56.6.